The number of fused-ring (bicyclic) bond motifs is 3. The summed E-state index contributed by atoms with van der Waals surface area (Å²) in [4.78, 5) is 13.6. The van der Waals surface area contributed by atoms with E-state index in [0.29, 0.717) is 17.8 Å². The second-order valence-electron chi connectivity index (χ2n) is 12.2. The molecule has 8 nitrogen and oxygen atoms in total. The maximum Gasteiger partial charge on any atom is 0.318 e. The van der Waals surface area contributed by atoms with Gasteiger partial charge in [-0.15, -0.1) is 0 Å². The van der Waals surface area contributed by atoms with Crippen LogP contribution in [0, 0.1) is 39.9 Å². The lowest BCUT2D eigenvalue weighted by atomic mass is 9.42. The molecule has 34 heavy (non-hydrogen) atoms. The molecular formula is C26H40O8. The predicted octanol–water partition coefficient (Wildman–Crippen LogP) is 1.13. The van der Waals surface area contributed by atoms with Gasteiger partial charge in [0.25, 0.3) is 0 Å². The predicted molar refractivity (Wildman–Crippen MR) is 121 cm³/mol. The van der Waals surface area contributed by atoms with Crippen LogP contribution in [0.1, 0.15) is 58.8 Å². The molecule has 1 unspecified atom stereocenters. The molecule has 4 aliphatic carbocycles. The smallest absolute Gasteiger partial charge is 0.318 e. The average Bonchev–Trinajstić information content (AvgIpc) is 3.08. The van der Waals surface area contributed by atoms with Crippen LogP contribution in [0.5, 0.6) is 0 Å². The van der Waals surface area contributed by atoms with Gasteiger partial charge in [-0.25, -0.2) is 0 Å². The van der Waals surface area contributed by atoms with Crippen molar-refractivity contribution in [3.63, 3.8) is 0 Å². The molecule has 0 aromatic heterocycles. The molecule has 192 valence electrons. The van der Waals surface area contributed by atoms with Crippen LogP contribution in [0.15, 0.2) is 12.2 Å². The standard InChI is InChI=1S/C26H40O8/c1-24-7-3-8-25(2,23(32)34-22-21(31)20(30)19(29)16(13-28)33-22)17(24)6-9-26-10-14(4-5-18(24)26)15(11-26)12-27/h3,8,14-22,27-31H,4-7,9-13H2,1-2H3/t14-,15+,16-,17-,18-,19-,20+,21-,22+,24+,25?,26-/m1/s1. The zero-order valence-corrected chi connectivity index (χ0v) is 20.2. The van der Waals surface area contributed by atoms with E-state index in [1.165, 1.54) is 6.42 Å². The van der Waals surface area contributed by atoms with Crippen LogP contribution in [0.3, 0.4) is 0 Å². The van der Waals surface area contributed by atoms with Crippen LogP contribution in [0.25, 0.3) is 0 Å². The minimum absolute atomic E-state index is 0.0581. The lowest BCUT2D eigenvalue weighted by Crippen LogP contribution is -2.61. The zero-order chi connectivity index (χ0) is 24.5. The lowest BCUT2D eigenvalue weighted by Gasteiger charge is -2.62. The highest BCUT2D eigenvalue weighted by Gasteiger charge is 2.65. The highest BCUT2D eigenvalue weighted by Crippen LogP contribution is 2.71. The Morgan fingerprint density at radius 2 is 1.76 bits per heavy atom. The molecule has 2 bridgehead atoms. The third-order valence-electron chi connectivity index (χ3n) is 10.6. The van der Waals surface area contributed by atoms with Gasteiger partial charge in [-0.05, 0) is 86.4 Å². The van der Waals surface area contributed by atoms with Gasteiger partial charge >= 0.3 is 5.97 Å². The molecule has 4 fully saturated rings. The number of rotatable bonds is 4. The summed E-state index contributed by atoms with van der Waals surface area (Å²) in [6, 6.07) is 0. The molecule has 0 aromatic carbocycles. The van der Waals surface area contributed by atoms with Crippen molar-refractivity contribution in [2.24, 2.45) is 39.9 Å². The molecule has 5 N–H and O–H groups in total. The number of aliphatic hydroxyl groups excluding tert-OH is 5. The average molecular weight is 481 g/mol. The first-order valence-electron chi connectivity index (χ1n) is 12.9. The van der Waals surface area contributed by atoms with E-state index in [0.717, 1.165) is 38.5 Å². The molecule has 1 saturated heterocycles. The minimum atomic E-state index is -1.61. The van der Waals surface area contributed by atoms with Gasteiger partial charge in [0.2, 0.25) is 6.29 Å². The normalized spacial score (nSPS) is 54.3. The zero-order valence-electron chi connectivity index (χ0n) is 20.2. The molecule has 1 aliphatic heterocycles. The molecular weight excluding hydrogens is 440 g/mol. The fourth-order valence-corrected chi connectivity index (χ4v) is 8.95. The summed E-state index contributed by atoms with van der Waals surface area (Å²) in [6.45, 7) is 3.91. The van der Waals surface area contributed by atoms with E-state index in [2.05, 4.69) is 13.0 Å². The van der Waals surface area contributed by atoms with Crippen LogP contribution in [0.4, 0.5) is 0 Å². The van der Waals surface area contributed by atoms with Crippen molar-refractivity contribution in [1.29, 1.82) is 0 Å². The van der Waals surface area contributed by atoms with Crippen LogP contribution in [-0.4, -0.2) is 75.4 Å². The Hall–Kier alpha value is -1.03. The van der Waals surface area contributed by atoms with E-state index in [-0.39, 0.29) is 23.4 Å². The largest absolute Gasteiger partial charge is 0.432 e. The van der Waals surface area contributed by atoms with Crippen molar-refractivity contribution >= 4 is 5.97 Å². The van der Waals surface area contributed by atoms with Crippen molar-refractivity contribution in [3.8, 4) is 0 Å². The number of hydrogen-bond acceptors (Lipinski definition) is 8. The molecule has 8 heteroatoms. The molecule has 5 rings (SSSR count). The molecule has 0 amide bonds. The number of ether oxygens (including phenoxy) is 2. The monoisotopic (exact) mass is 480 g/mol. The third-order valence-corrected chi connectivity index (χ3v) is 10.6. The van der Waals surface area contributed by atoms with Gasteiger partial charge in [-0.2, -0.15) is 0 Å². The van der Waals surface area contributed by atoms with E-state index in [1.54, 1.807) is 0 Å². The first-order valence-corrected chi connectivity index (χ1v) is 12.9. The summed E-state index contributed by atoms with van der Waals surface area (Å²) in [7, 11) is 0. The maximum atomic E-state index is 13.6. The van der Waals surface area contributed by atoms with Crippen molar-refractivity contribution in [2.75, 3.05) is 13.2 Å². The van der Waals surface area contributed by atoms with E-state index in [9.17, 15) is 30.3 Å². The molecule has 0 aromatic rings. The quantitative estimate of drug-likeness (QED) is 0.298. The van der Waals surface area contributed by atoms with E-state index in [1.807, 2.05) is 13.0 Å². The summed E-state index contributed by atoms with van der Waals surface area (Å²) < 4.78 is 11.1. The number of aliphatic hydroxyl groups is 5. The second kappa shape index (κ2) is 8.53. The second-order valence-corrected chi connectivity index (χ2v) is 12.2. The fourth-order valence-electron chi connectivity index (χ4n) is 8.95. The van der Waals surface area contributed by atoms with Crippen molar-refractivity contribution < 1.29 is 39.8 Å². The summed E-state index contributed by atoms with van der Waals surface area (Å²) in [6.07, 6.45) is 4.10. The highest BCUT2D eigenvalue weighted by atomic mass is 16.7. The van der Waals surface area contributed by atoms with Crippen LogP contribution >= 0.6 is 0 Å². The van der Waals surface area contributed by atoms with Crippen molar-refractivity contribution in [2.45, 2.75) is 89.5 Å². The number of hydrogen-bond donors (Lipinski definition) is 5. The van der Waals surface area contributed by atoms with Gasteiger partial charge in [0, 0.05) is 6.61 Å². The number of carbonyl (C=O) groups is 1. The minimum Gasteiger partial charge on any atom is -0.432 e. The third kappa shape index (κ3) is 3.44. The molecule has 3 saturated carbocycles. The van der Waals surface area contributed by atoms with Gasteiger partial charge in [-0.3, -0.25) is 4.79 Å². The Kier molecular flexibility index (Phi) is 6.18. The van der Waals surface area contributed by atoms with Crippen LogP contribution in [0.2, 0.25) is 0 Å². The Morgan fingerprint density at radius 3 is 2.47 bits per heavy atom. The highest BCUT2D eigenvalue weighted by molar-refractivity contribution is 5.80. The summed E-state index contributed by atoms with van der Waals surface area (Å²) in [5.41, 5.74) is -0.750. The summed E-state index contributed by atoms with van der Waals surface area (Å²) in [5.74, 6) is 1.03. The molecule has 5 aliphatic rings. The summed E-state index contributed by atoms with van der Waals surface area (Å²) >= 11 is 0. The van der Waals surface area contributed by atoms with Crippen LogP contribution < -0.4 is 0 Å². The van der Waals surface area contributed by atoms with Crippen molar-refractivity contribution in [1.82, 2.24) is 0 Å². The van der Waals surface area contributed by atoms with Gasteiger partial charge in [0.15, 0.2) is 0 Å². The van der Waals surface area contributed by atoms with Gasteiger partial charge < -0.3 is 35.0 Å². The topological polar surface area (TPSA) is 137 Å². The number of esters is 1. The van der Waals surface area contributed by atoms with E-state index < -0.39 is 48.7 Å². The molecule has 0 radical (unpaired) electrons. The fraction of sp³-hybridized carbons (Fsp3) is 0.885. The molecule has 12 atom stereocenters. The lowest BCUT2D eigenvalue weighted by molar-refractivity contribution is -0.296. The van der Waals surface area contributed by atoms with E-state index in [4.69, 9.17) is 9.47 Å². The number of carbonyl (C=O) groups excluding carboxylic acids is 1. The number of allylic oxidation sites excluding steroid dienone is 1. The Morgan fingerprint density at radius 1 is 1.00 bits per heavy atom. The Bertz CT molecular complexity index is 830. The van der Waals surface area contributed by atoms with Gasteiger partial charge in [0.05, 0.1) is 12.0 Å². The SMILES string of the molecule is CC1(C(=O)O[C@@H]2O[C@H](CO)[C@@H](O)[C@H](O)[C@H]2O)C=CC[C@@]2(C)[C@H]1CC[C@@]13C[C@@H](CO)[C@H](CC[C@@H]12)C3. The van der Waals surface area contributed by atoms with Gasteiger partial charge in [-0.1, -0.05) is 19.1 Å². The van der Waals surface area contributed by atoms with Crippen LogP contribution in [-0.2, 0) is 14.3 Å². The maximum absolute atomic E-state index is 13.6. The van der Waals surface area contributed by atoms with E-state index >= 15 is 0 Å². The summed E-state index contributed by atoms with van der Waals surface area (Å²) in [5, 5.41) is 49.9. The Balaban J connectivity index is 1.38. The first kappa shape index (κ1) is 24.7. The Labute approximate surface area is 201 Å². The van der Waals surface area contributed by atoms with Gasteiger partial charge in [0.1, 0.15) is 24.4 Å². The first-order chi connectivity index (χ1) is 16.1. The molecule has 1 spiro atoms. The molecule has 1 heterocycles. The van der Waals surface area contributed by atoms with Crippen molar-refractivity contribution in [3.05, 3.63) is 12.2 Å².